The van der Waals surface area contributed by atoms with Gasteiger partial charge in [-0.15, -0.1) is 11.8 Å². The summed E-state index contributed by atoms with van der Waals surface area (Å²) >= 11 is 1.87. The Morgan fingerprint density at radius 3 is 2.62 bits per heavy atom. The summed E-state index contributed by atoms with van der Waals surface area (Å²) in [4.78, 5) is 13.3. The second-order valence-corrected chi connectivity index (χ2v) is 7.27. The molecular formula is C20H24N2OS. The quantitative estimate of drug-likeness (QED) is 0.589. The maximum atomic E-state index is 12.1. The largest absolute Gasteiger partial charge is 0.325 e. The SMILES string of the molecule is O=C(Nc1ccc(SCCCc2ccccc2)cc1)[C@H]1CCCN1. The standard InChI is InChI=1S/C20H24N2OS/c23-20(19-9-4-14-21-19)22-17-10-12-18(13-11-17)24-15-5-8-16-6-2-1-3-7-16/h1-3,6-7,10-13,19,21H,4-5,8-9,14-15H2,(H,22,23)/t19-/m1/s1. The van der Waals surface area contributed by atoms with Crippen molar-refractivity contribution in [2.75, 3.05) is 17.6 Å². The van der Waals surface area contributed by atoms with Crippen LogP contribution in [0.25, 0.3) is 0 Å². The Labute approximate surface area is 148 Å². The van der Waals surface area contributed by atoms with E-state index >= 15 is 0 Å². The third kappa shape index (κ3) is 5.11. The summed E-state index contributed by atoms with van der Waals surface area (Å²) in [6.07, 6.45) is 4.30. The highest BCUT2D eigenvalue weighted by Gasteiger charge is 2.21. The number of carbonyl (C=O) groups is 1. The molecule has 126 valence electrons. The minimum atomic E-state index is -0.0305. The molecule has 0 spiro atoms. The fourth-order valence-electron chi connectivity index (χ4n) is 2.88. The van der Waals surface area contributed by atoms with Gasteiger partial charge in [0.1, 0.15) is 0 Å². The molecule has 1 aliphatic rings. The third-order valence-corrected chi connectivity index (χ3v) is 5.32. The number of benzene rings is 2. The van der Waals surface area contributed by atoms with Crippen LogP contribution in [0.15, 0.2) is 59.5 Å². The first-order valence-corrected chi connectivity index (χ1v) is 9.61. The van der Waals surface area contributed by atoms with E-state index in [1.165, 1.54) is 16.9 Å². The molecule has 4 heteroatoms. The fourth-order valence-corrected chi connectivity index (χ4v) is 3.74. The Kier molecular flexibility index (Phi) is 6.33. The highest BCUT2D eigenvalue weighted by molar-refractivity contribution is 7.99. The van der Waals surface area contributed by atoms with E-state index in [0.29, 0.717) is 0 Å². The molecular weight excluding hydrogens is 316 g/mol. The van der Waals surface area contributed by atoms with Gasteiger partial charge in [0.05, 0.1) is 6.04 Å². The first-order chi connectivity index (χ1) is 11.8. The second kappa shape index (κ2) is 8.90. The molecule has 1 aliphatic heterocycles. The number of anilines is 1. The minimum Gasteiger partial charge on any atom is -0.325 e. The summed E-state index contributed by atoms with van der Waals surface area (Å²) in [6, 6.07) is 18.7. The first kappa shape index (κ1) is 17.1. The Hall–Kier alpha value is -1.78. The van der Waals surface area contributed by atoms with Crippen molar-refractivity contribution in [1.82, 2.24) is 5.32 Å². The van der Waals surface area contributed by atoms with Gasteiger partial charge in [-0.05, 0) is 67.8 Å². The van der Waals surface area contributed by atoms with Gasteiger partial charge in [-0.1, -0.05) is 30.3 Å². The lowest BCUT2D eigenvalue weighted by atomic mass is 10.1. The van der Waals surface area contributed by atoms with Gasteiger partial charge in [-0.2, -0.15) is 0 Å². The molecule has 2 aromatic carbocycles. The van der Waals surface area contributed by atoms with Crippen molar-refractivity contribution in [3.05, 3.63) is 60.2 Å². The van der Waals surface area contributed by atoms with Crippen LogP contribution < -0.4 is 10.6 Å². The summed E-state index contributed by atoms with van der Waals surface area (Å²) < 4.78 is 0. The van der Waals surface area contributed by atoms with Gasteiger partial charge in [0.25, 0.3) is 0 Å². The van der Waals surface area contributed by atoms with Crippen LogP contribution in [0.1, 0.15) is 24.8 Å². The normalized spacial score (nSPS) is 16.9. The number of aryl methyl sites for hydroxylation is 1. The maximum absolute atomic E-state index is 12.1. The molecule has 2 aromatic rings. The Morgan fingerprint density at radius 1 is 1.12 bits per heavy atom. The zero-order chi connectivity index (χ0) is 16.6. The van der Waals surface area contributed by atoms with E-state index in [1.807, 2.05) is 23.9 Å². The molecule has 0 unspecified atom stereocenters. The average molecular weight is 340 g/mol. The maximum Gasteiger partial charge on any atom is 0.241 e. The molecule has 0 aromatic heterocycles. The lowest BCUT2D eigenvalue weighted by molar-refractivity contribution is -0.117. The molecule has 0 saturated carbocycles. The predicted molar refractivity (Wildman–Crippen MR) is 102 cm³/mol. The van der Waals surface area contributed by atoms with Crippen LogP contribution in [0.3, 0.4) is 0 Å². The van der Waals surface area contributed by atoms with Crippen molar-refractivity contribution in [1.29, 1.82) is 0 Å². The summed E-state index contributed by atoms with van der Waals surface area (Å²) in [6.45, 7) is 0.941. The van der Waals surface area contributed by atoms with Crippen LogP contribution in [0.2, 0.25) is 0 Å². The lowest BCUT2D eigenvalue weighted by Crippen LogP contribution is -2.35. The van der Waals surface area contributed by atoms with E-state index in [-0.39, 0.29) is 11.9 Å². The number of hydrogen-bond acceptors (Lipinski definition) is 3. The second-order valence-electron chi connectivity index (χ2n) is 6.10. The van der Waals surface area contributed by atoms with Crippen molar-refractivity contribution in [3.8, 4) is 0 Å². The molecule has 3 nitrogen and oxygen atoms in total. The van der Waals surface area contributed by atoms with Gasteiger partial charge in [0.15, 0.2) is 0 Å². The van der Waals surface area contributed by atoms with Crippen LogP contribution in [0.4, 0.5) is 5.69 Å². The molecule has 1 heterocycles. The van der Waals surface area contributed by atoms with Crippen LogP contribution in [0.5, 0.6) is 0 Å². The molecule has 3 rings (SSSR count). The molecule has 24 heavy (non-hydrogen) atoms. The van der Waals surface area contributed by atoms with Crippen molar-refractivity contribution >= 4 is 23.4 Å². The van der Waals surface area contributed by atoms with E-state index in [0.717, 1.165) is 37.2 Å². The number of nitrogens with one attached hydrogen (secondary N) is 2. The molecule has 1 fully saturated rings. The van der Waals surface area contributed by atoms with Crippen LogP contribution >= 0.6 is 11.8 Å². The number of amides is 1. The van der Waals surface area contributed by atoms with E-state index in [1.54, 1.807) is 0 Å². The van der Waals surface area contributed by atoms with Gasteiger partial charge in [-0.3, -0.25) is 4.79 Å². The number of carbonyl (C=O) groups excluding carboxylic acids is 1. The van der Waals surface area contributed by atoms with Crippen LogP contribution in [-0.2, 0) is 11.2 Å². The van der Waals surface area contributed by atoms with Crippen molar-refractivity contribution in [2.45, 2.75) is 36.6 Å². The smallest absolute Gasteiger partial charge is 0.241 e. The van der Waals surface area contributed by atoms with E-state index in [2.05, 4.69) is 53.1 Å². The van der Waals surface area contributed by atoms with E-state index in [4.69, 9.17) is 0 Å². The molecule has 2 N–H and O–H groups in total. The Balaban J connectivity index is 1.40. The van der Waals surface area contributed by atoms with Crippen molar-refractivity contribution < 1.29 is 4.79 Å². The van der Waals surface area contributed by atoms with Gasteiger partial charge in [-0.25, -0.2) is 0 Å². The number of rotatable bonds is 7. The highest BCUT2D eigenvalue weighted by Crippen LogP contribution is 2.22. The summed E-state index contributed by atoms with van der Waals surface area (Å²) in [5.74, 6) is 1.18. The molecule has 1 atom stereocenters. The van der Waals surface area contributed by atoms with Gasteiger partial charge in [0.2, 0.25) is 5.91 Å². The molecule has 0 radical (unpaired) electrons. The number of thioether (sulfide) groups is 1. The molecule has 1 saturated heterocycles. The highest BCUT2D eigenvalue weighted by atomic mass is 32.2. The van der Waals surface area contributed by atoms with E-state index < -0.39 is 0 Å². The zero-order valence-electron chi connectivity index (χ0n) is 13.8. The topological polar surface area (TPSA) is 41.1 Å². The van der Waals surface area contributed by atoms with Crippen LogP contribution in [-0.4, -0.2) is 24.2 Å². The third-order valence-electron chi connectivity index (χ3n) is 4.22. The van der Waals surface area contributed by atoms with Gasteiger partial charge >= 0.3 is 0 Å². The van der Waals surface area contributed by atoms with Gasteiger partial charge < -0.3 is 10.6 Å². The Morgan fingerprint density at radius 2 is 1.92 bits per heavy atom. The summed E-state index contributed by atoms with van der Waals surface area (Å²) in [5, 5.41) is 6.21. The molecule has 0 bridgehead atoms. The summed E-state index contributed by atoms with van der Waals surface area (Å²) in [7, 11) is 0. The lowest BCUT2D eigenvalue weighted by Gasteiger charge is -2.11. The van der Waals surface area contributed by atoms with Gasteiger partial charge in [0, 0.05) is 10.6 Å². The fraction of sp³-hybridized carbons (Fsp3) is 0.350. The minimum absolute atomic E-state index is 0.0305. The molecule has 0 aliphatic carbocycles. The first-order valence-electron chi connectivity index (χ1n) is 8.62. The van der Waals surface area contributed by atoms with Crippen molar-refractivity contribution in [2.24, 2.45) is 0 Å². The summed E-state index contributed by atoms with van der Waals surface area (Å²) in [5.41, 5.74) is 2.28. The van der Waals surface area contributed by atoms with Crippen LogP contribution in [0, 0.1) is 0 Å². The van der Waals surface area contributed by atoms with E-state index in [9.17, 15) is 4.79 Å². The number of hydrogen-bond donors (Lipinski definition) is 2. The van der Waals surface area contributed by atoms with Crippen molar-refractivity contribution in [3.63, 3.8) is 0 Å². The monoisotopic (exact) mass is 340 g/mol. The Bertz CT molecular complexity index is 636. The molecule has 1 amide bonds. The average Bonchev–Trinajstić information content (AvgIpc) is 3.16. The predicted octanol–water partition coefficient (Wildman–Crippen LogP) is 4.10. The zero-order valence-corrected chi connectivity index (χ0v) is 14.6.